The molecule has 3 rings (SSSR count). The van der Waals surface area contributed by atoms with E-state index in [9.17, 15) is 0 Å². The minimum Gasteiger partial charge on any atom is -0.378 e. The fourth-order valence-electron chi connectivity index (χ4n) is 2.49. The van der Waals surface area contributed by atoms with Crippen molar-refractivity contribution in [2.75, 3.05) is 6.61 Å². The zero-order valence-electron chi connectivity index (χ0n) is 9.43. The maximum absolute atomic E-state index is 5.65. The van der Waals surface area contributed by atoms with Crippen molar-refractivity contribution in [1.29, 1.82) is 0 Å². The van der Waals surface area contributed by atoms with E-state index in [1.165, 1.54) is 23.7 Å². The molecule has 1 aliphatic heterocycles. The highest BCUT2D eigenvalue weighted by Gasteiger charge is 2.15. The summed E-state index contributed by atoms with van der Waals surface area (Å²) >= 11 is 0. The molecule has 0 aliphatic carbocycles. The molecule has 2 nitrogen and oxygen atoms in total. The highest BCUT2D eigenvalue weighted by Crippen LogP contribution is 2.19. The molecule has 0 spiro atoms. The quantitative estimate of drug-likeness (QED) is 0.766. The monoisotopic (exact) mass is 215 g/mol. The van der Waals surface area contributed by atoms with Crippen LogP contribution in [0, 0.1) is 0 Å². The van der Waals surface area contributed by atoms with E-state index in [0.717, 1.165) is 19.6 Å². The molecule has 2 heterocycles. The Morgan fingerprint density at radius 3 is 3.06 bits per heavy atom. The number of rotatable bonds is 3. The summed E-state index contributed by atoms with van der Waals surface area (Å²) < 4.78 is 7.98. The predicted octanol–water partition coefficient (Wildman–Crippen LogP) is 3.21. The first-order chi connectivity index (χ1) is 7.93. The Bertz CT molecular complexity index is 468. The highest BCUT2D eigenvalue weighted by molar-refractivity contribution is 5.79. The van der Waals surface area contributed by atoms with Crippen molar-refractivity contribution in [2.24, 2.45) is 0 Å². The first-order valence-corrected chi connectivity index (χ1v) is 6.09. The summed E-state index contributed by atoms with van der Waals surface area (Å²) in [7, 11) is 0. The SMILES string of the molecule is c1ccc2c(c1)ccn2CCC1CCCO1. The lowest BCUT2D eigenvalue weighted by atomic mass is 10.2. The second-order valence-corrected chi connectivity index (χ2v) is 4.49. The molecular formula is C14H17NO. The Morgan fingerprint density at radius 2 is 2.19 bits per heavy atom. The van der Waals surface area contributed by atoms with Crippen molar-refractivity contribution in [3.8, 4) is 0 Å². The number of hydrogen-bond donors (Lipinski definition) is 0. The number of aromatic nitrogens is 1. The maximum atomic E-state index is 5.65. The van der Waals surface area contributed by atoms with Crippen LogP contribution in [0.5, 0.6) is 0 Å². The molecule has 0 radical (unpaired) electrons. The van der Waals surface area contributed by atoms with Crippen molar-refractivity contribution in [3.63, 3.8) is 0 Å². The van der Waals surface area contributed by atoms with E-state index in [-0.39, 0.29) is 0 Å². The third-order valence-corrected chi connectivity index (χ3v) is 3.40. The largest absolute Gasteiger partial charge is 0.378 e. The zero-order chi connectivity index (χ0) is 10.8. The number of para-hydroxylation sites is 1. The summed E-state index contributed by atoms with van der Waals surface area (Å²) in [4.78, 5) is 0. The zero-order valence-corrected chi connectivity index (χ0v) is 9.43. The molecule has 1 saturated heterocycles. The van der Waals surface area contributed by atoms with Crippen LogP contribution < -0.4 is 0 Å². The molecular weight excluding hydrogens is 198 g/mol. The number of benzene rings is 1. The molecule has 1 fully saturated rings. The van der Waals surface area contributed by atoms with Gasteiger partial charge in [0.05, 0.1) is 6.10 Å². The van der Waals surface area contributed by atoms with Gasteiger partial charge in [0.25, 0.3) is 0 Å². The number of nitrogens with zero attached hydrogens (tertiary/aromatic N) is 1. The topological polar surface area (TPSA) is 14.2 Å². The standard InChI is InChI=1S/C14H17NO/c1-2-6-14-12(4-1)7-9-15(14)10-8-13-5-3-11-16-13/h1-2,4,6-7,9,13H,3,5,8,10-11H2. The van der Waals surface area contributed by atoms with Gasteiger partial charge in [-0.2, -0.15) is 0 Å². The average molecular weight is 215 g/mol. The fourth-order valence-corrected chi connectivity index (χ4v) is 2.49. The Kier molecular flexibility index (Phi) is 2.66. The minimum absolute atomic E-state index is 0.487. The van der Waals surface area contributed by atoms with Crippen LogP contribution in [0.4, 0.5) is 0 Å². The first kappa shape index (κ1) is 9.91. The summed E-state index contributed by atoms with van der Waals surface area (Å²) in [6.45, 7) is 2.02. The van der Waals surface area contributed by atoms with Gasteiger partial charge in [-0.3, -0.25) is 0 Å². The van der Waals surface area contributed by atoms with Gasteiger partial charge in [-0.25, -0.2) is 0 Å². The number of hydrogen-bond acceptors (Lipinski definition) is 1. The molecule has 0 amide bonds. The Labute approximate surface area is 95.8 Å². The van der Waals surface area contributed by atoms with Crippen LogP contribution in [0.15, 0.2) is 36.5 Å². The summed E-state index contributed by atoms with van der Waals surface area (Å²) in [5.74, 6) is 0. The van der Waals surface area contributed by atoms with Crippen molar-refractivity contribution >= 4 is 10.9 Å². The Balaban J connectivity index is 1.73. The molecule has 0 bridgehead atoms. The normalized spacial score (nSPS) is 20.6. The van der Waals surface area contributed by atoms with Crippen LogP contribution in [0.1, 0.15) is 19.3 Å². The Morgan fingerprint density at radius 1 is 1.25 bits per heavy atom. The van der Waals surface area contributed by atoms with Gasteiger partial charge in [0.1, 0.15) is 0 Å². The van der Waals surface area contributed by atoms with Gasteiger partial charge >= 0.3 is 0 Å². The Hall–Kier alpha value is -1.28. The highest BCUT2D eigenvalue weighted by atomic mass is 16.5. The van der Waals surface area contributed by atoms with E-state index in [1.807, 2.05) is 0 Å². The van der Waals surface area contributed by atoms with E-state index in [1.54, 1.807) is 0 Å². The molecule has 1 aliphatic rings. The van der Waals surface area contributed by atoms with Gasteiger partial charge in [0.2, 0.25) is 0 Å². The van der Waals surface area contributed by atoms with Gasteiger partial charge in [-0.05, 0) is 36.8 Å². The van der Waals surface area contributed by atoms with E-state index in [0.29, 0.717) is 6.10 Å². The number of aryl methyl sites for hydroxylation is 1. The predicted molar refractivity (Wildman–Crippen MR) is 65.5 cm³/mol. The van der Waals surface area contributed by atoms with Gasteiger partial charge in [-0.15, -0.1) is 0 Å². The van der Waals surface area contributed by atoms with Crippen LogP contribution in [-0.4, -0.2) is 17.3 Å². The number of fused-ring (bicyclic) bond motifs is 1. The van der Waals surface area contributed by atoms with Crippen molar-refractivity contribution in [2.45, 2.75) is 31.9 Å². The molecule has 84 valence electrons. The van der Waals surface area contributed by atoms with Crippen LogP contribution in [0.3, 0.4) is 0 Å². The van der Waals surface area contributed by atoms with E-state index >= 15 is 0 Å². The third-order valence-electron chi connectivity index (χ3n) is 3.40. The lowest BCUT2D eigenvalue weighted by molar-refractivity contribution is 0.101. The van der Waals surface area contributed by atoms with E-state index in [4.69, 9.17) is 4.74 Å². The second kappa shape index (κ2) is 4.30. The number of ether oxygens (including phenoxy) is 1. The molecule has 1 atom stereocenters. The smallest absolute Gasteiger partial charge is 0.0593 e. The van der Waals surface area contributed by atoms with Gasteiger partial charge < -0.3 is 9.30 Å². The molecule has 0 N–H and O–H groups in total. The van der Waals surface area contributed by atoms with Crippen molar-refractivity contribution in [1.82, 2.24) is 4.57 Å². The lowest BCUT2D eigenvalue weighted by Gasteiger charge is -2.10. The molecule has 2 heteroatoms. The van der Waals surface area contributed by atoms with Crippen LogP contribution >= 0.6 is 0 Å². The summed E-state index contributed by atoms with van der Waals surface area (Å²) in [6.07, 6.45) is 6.27. The molecule has 1 aromatic carbocycles. The molecule has 2 aromatic rings. The van der Waals surface area contributed by atoms with E-state index in [2.05, 4.69) is 41.1 Å². The molecule has 1 unspecified atom stereocenters. The van der Waals surface area contributed by atoms with Crippen LogP contribution in [-0.2, 0) is 11.3 Å². The third kappa shape index (κ3) is 1.85. The summed E-state index contributed by atoms with van der Waals surface area (Å²) in [5.41, 5.74) is 1.33. The van der Waals surface area contributed by atoms with Crippen molar-refractivity contribution in [3.05, 3.63) is 36.5 Å². The molecule has 16 heavy (non-hydrogen) atoms. The van der Waals surface area contributed by atoms with Gasteiger partial charge in [0.15, 0.2) is 0 Å². The first-order valence-electron chi connectivity index (χ1n) is 6.09. The van der Waals surface area contributed by atoms with Gasteiger partial charge in [0, 0.05) is 24.9 Å². The van der Waals surface area contributed by atoms with Crippen molar-refractivity contribution < 1.29 is 4.74 Å². The summed E-state index contributed by atoms with van der Waals surface area (Å²) in [5, 5.41) is 1.33. The fraction of sp³-hybridized carbons (Fsp3) is 0.429. The maximum Gasteiger partial charge on any atom is 0.0593 e. The lowest BCUT2D eigenvalue weighted by Crippen LogP contribution is -2.09. The van der Waals surface area contributed by atoms with Gasteiger partial charge in [-0.1, -0.05) is 18.2 Å². The van der Waals surface area contributed by atoms with Crippen LogP contribution in [0.2, 0.25) is 0 Å². The van der Waals surface area contributed by atoms with E-state index < -0.39 is 0 Å². The summed E-state index contributed by atoms with van der Waals surface area (Å²) in [6, 6.07) is 10.7. The van der Waals surface area contributed by atoms with Crippen LogP contribution in [0.25, 0.3) is 10.9 Å². The molecule has 0 saturated carbocycles. The minimum atomic E-state index is 0.487. The second-order valence-electron chi connectivity index (χ2n) is 4.49. The molecule has 1 aromatic heterocycles. The average Bonchev–Trinajstić information content (AvgIpc) is 2.96.